The van der Waals surface area contributed by atoms with Crippen molar-refractivity contribution in [3.8, 4) is 0 Å². The van der Waals surface area contributed by atoms with E-state index in [2.05, 4.69) is 5.32 Å². The van der Waals surface area contributed by atoms with Crippen molar-refractivity contribution in [2.24, 2.45) is 0 Å². The number of carbonyl (C=O) groups is 2. The molecule has 0 aliphatic carbocycles. The van der Waals surface area contributed by atoms with Gasteiger partial charge < -0.3 is 10.2 Å². The van der Waals surface area contributed by atoms with E-state index in [1.807, 2.05) is 57.2 Å². The quantitative estimate of drug-likeness (QED) is 0.179. The van der Waals surface area contributed by atoms with Gasteiger partial charge in [-0.25, -0.2) is 8.42 Å². The molecule has 4 rings (SSSR count). The van der Waals surface area contributed by atoms with E-state index in [9.17, 15) is 18.0 Å². The van der Waals surface area contributed by atoms with Crippen LogP contribution in [0.2, 0.25) is 10.0 Å². The van der Waals surface area contributed by atoms with Crippen molar-refractivity contribution in [3.05, 3.63) is 129 Å². The number of amides is 2. The third kappa shape index (κ3) is 8.25. The average Bonchev–Trinajstić information content (AvgIpc) is 3.01. The Hall–Kier alpha value is -3.85. The Bertz CT molecular complexity index is 1760. The van der Waals surface area contributed by atoms with E-state index in [1.54, 1.807) is 49.4 Å². The second-order valence-electron chi connectivity index (χ2n) is 10.9. The number of hydrogen-bond donors (Lipinski definition) is 1. The summed E-state index contributed by atoms with van der Waals surface area (Å²) in [5.41, 5.74) is 4.37. The lowest BCUT2D eigenvalue weighted by molar-refractivity contribution is -0.140. The van der Waals surface area contributed by atoms with Gasteiger partial charge in [0.15, 0.2) is 0 Å². The lowest BCUT2D eigenvalue weighted by Crippen LogP contribution is -2.53. The first kappa shape index (κ1) is 34.0. The molecular formula is C35H37Cl2N3O4S. The van der Waals surface area contributed by atoms with Gasteiger partial charge in [0.05, 0.1) is 20.6 Å². The molecule has 0 fully saturated rings. The van der Waals surface area contributed by atoms with Crippen LogP contribution in [-0.2, 0) is 32.6 Å². The zero-order chi connectivity index (χ0) is 32.7. The minimum absolute atomic E-state index is 0.00439. The molecule has 0 unspecified atom stereocenters. The fourth-order valence-corrected chi connectivity index (χ4v) is 6.83. The van der Waals surface area contributed by atoms with Crippen LogP contribution in [0.25, 0.3) is 0 Å². The van der Waals surface area contributed by atoms with E-state index in [-0.39, 0.29) is 23.8 Å². The van der Waals surface area contributed by atoms with Gasteiger partial charge in [-0.05, 0) is 80.3 Å². The number of hydrogen-bond acceptors (Lipinski definition) is 4. The number of likely N-dealkylation sites (N-methyl/N-ethyl adjacent to an activating group) is 1. The second-order valence-corrected chi connectivity index (χ2v) is 13.6. The summed E-state index contributed by atoms with van der Waals surface area (Å²) in [5.74, 6) is -0.903. The highest BCUT2D eigenvalue weighted by atomic mass is 35.5. The van der Waals surface area contributed by atoms with Crippen LogP contribution in [-0.4, -0.2) is 44.3 Å². The normalized spacial score (nSPS) is 12.0. The Labute approximate surface area is 275 Å². The first-order valence-corrected chi connectivity index (χ1v) is 16.8. The van der Waals surface area contributed by atoms with Crippen molar-refractivity contribution < 1.29 is 18.0 Å². The molecule has 45 heavy (non-hydrogen) atoms. The molecule has 0 aliphatic rings. The maximum atomic E-state index is 14.5. The van der Waals surface area contributed by atoms with Gasteiger partial charge in [0.2, 0.25) is 11.8 Å². The van der Waals surface area contributed by atoms with Gasteiger partial charge >= 0.3 is 0 Å². The van der Waals surface area contributed by atoms with E-state index in [0.29, 0.717) is 27.8 Å². The molecule has 4 aromatic rings. The monoisotopic (exact) mass is 665 g/mol. The molecular weight excluding hydrogens is 629 g/mol. The number of anilines is 1. The Morgan fingerprint density at radius 3 is 2.16 bits per heavy atom. The number of aryl methyl sites for hydroxylation is 2. The van der Waals surface area contributed by atoms with Gasteiger partial charge in [0.1, 0.15) is 12.6 Å². The molecule has 0 spiro atoms. The number of benzene rings is 4. The molecule has 0 aliphatic heterocycles. The minimum Gasteiger partial charge on any atom is -0.355 e. The maximum absolute atomic E-state index is 14.5. The third-order valence-electron chi connectivity index (χ3n) is 7.69. The Balaban J connectivity index is 1.84. The summed E-state index contributed by atoms with van der Waals surface area (Å²) in [7, 11) is -4.19. The predicted octanol–water partition coefficient (Wildman–Crippen LogP) is 6.89. The van der Waals surface area contributed by atoms with Gasteiger partial charge in [-0.2, -0.15) is 0 Å². The number of carbonyl (C=O) groups excluding carboxylic acids is 2. The third-order valence-corrected chi connectivity index (χ3v) is 10.2. The predicted molar refractivity (Wildman–Crippen MR) is 181 cm³/mol. The van der Waals surface area contributed by atoms with Crippen molar-refractivity contribution in [1.82, 2.24) is 10.2 Å². The molecule has 0 saturated carbocycles. The molecule has 0 bridgehead atoms. The molecule has 2 amide bonds. The minimum atomic E-state index is -4.19. The molecule has 4 aromatic carbocycles. The number of rotatable bonds is 12. The average molecular weight is 667 g/mol. The highest BCUT2D eigenvalue weighted by Crippen LogP contribution is 2.30. The largest absolute Gasteiger partial charge is 0.355 e. The molecule has 0 aromatic heterocycles. The number of nitrogens with one attached hydrogen (secondary N) is 1. The molecule has 10 heteroatoms. The highest BCUT2D eigenvalue weighted by molar-refractivity contribution is 7.92. The van der Waals surface area contributed by atoms with E-state index >= 15 is 0 Å². The van der Waals surface area contributed by atoms with Gasteiger partial charge in [-0.3, -0.25) is 13.9 Å². The van der Waals surface area contributed by atoms with Crippen molar-refractivity contribution >= 4 is 50.7 Å². The summed E-state index contributed by atoms with van der Waals surface area (Å²) in [6, 6.07) is 25.3. The van der Waals surface area contributed by atoms with Crippen molar-refractivity contribution in [2.45, 2.75) is 51.6 Å². The number of nitrogens with zero attached hydrogens (tertiary/aromatic N) is 2. The Morgan fingerprint density at radius 1 is 0.822 bits per heavy atom. The van der Waals surface area contributed by atoms with E-state index in [0.717, 1.165) is 26.6 Å². The molecule has 1 N–H and O–H groups in total. The van der Waals surface area contributed by atoms with Gasteiger partial charge in [-0.15, -0.1) is 0 Å². The van der Waals surface area contributed by atoms with Crippen molar-refractivity contribution in [3.63, 3.8) is 0 Å². The van der Waals surface area contributed by atoms with Crippen LogP contribution < -0.4 is 9.62 Å². The van der Waals surface area contributed by atoms with Crippen LogP contribution in [0, 0.1) is 20.8 Å². The number of sulfonamides is 1. The molecule has 0 saturated heterocycles. The van der Waals surface area contributed by atoms with E-state index < -0.39 is 28.5 Å². The first-order chi connectivity index (χ1) is 21.4. The summed E-state index contributed by atoms with van der Waals surface area (Å²) in [5, 5.41) is 3.52. The zero-order valence-corrected chi connectivity index (χ0v) is 28.1. The van der Waals surface area contributed by atoms with Crippen molar-refractivity contribution in [2.75, 3.05) is 17.4 Å². The zero-order valence-electron chi connectivity index (χ0n) is 25.8. The summed E-state index contributed by atoms with van der Waals surface area (Å²) in [6.45, 7) is 7.21. The summed E-state index contributed by atoms with van der Waals surface area (Å²) < 4.78 is 29.6. The highest BCUT2D eigenvalue weighted by Gasteiger charge is 2.35. The Kier molecular flexibility index (Phi) is 11.3. The lowest BCUT2D eigenvalue weighted by Gasteiger charge is -2.34. The second kappa shape index (κ2) is 15.0. The van der Waals surface area contributed by atoms with Crippen LogP contribution >= 0.6 is 23.2 Å². The van der Waals surface area contributed by atoms with Crippen LogP contribution in [0.5, 0.6) is 0 Å². The molecule has 236 valence electrons. The van der Waals surface area contributed by atoms with Crippen molar-refractivity contribution in [1.29, 1.82) is 0 Å². The van der Waals surface area contributed by atoms with E-state index in [4.69, 9.17) is 23.2 Å². The van der Waals surface area contributed by atoms with Crippen LogP contribution in [0.4, 0.5) is 5.69 Å². The van der Waals surface area contributed by atoms with Crippen LogP contribution in [0.15, 0.2) is 95.9 Å². The van der Waals surface area contributed by atoms with Gasteiger partial charge in [0, 0.05) is 19.5 Å². The van der Waals surface area contributed by atoms with Crippen LogP contribution in [0.1, 0.15) is 34.7 Å². The fourth-order valence-electron chi connectivity index (χ4n) is 5.04. The lowest BCUT2D eigenvalue weighted by atomic mass is 10.0. The van der Waals surface area contributed by atoms with E-state index in [1.165, 1.54) is 17.0 Å². The van der Waals surface area contributed by atoms with Gasteiger partial charge in [-0.1, -0.05) is 89.4 Å². The molecule has 0 heterocycles. The molecule has 7 nitrogen and oxygen atoms in total. The standard InChI is InChI=1S/C35H37Cl2N3O4S/c1-5-38-35(42)33(21-27-11-7-6-8-12-27)39(22-28-16-19-30(36)31(37)20-28)34(41)23-40(32-13-9-10-25(3)26(32)4)45(43,44)29-17-14-24(2)15-18-29/h6-20,33H,5,21-23H2,1-4H3,(H,38,42)/t33-/m0/s1. The fraction of sp³-hybridized carbons (Fsp3) is 0.257. The summed E-state index contributed by atoms with van der Waals surface area (Å²) in [6.07, 6.45) is 0.216. The molecule has 0 radical (unpaired) electrons. The Morgan fingerprint density at radius 2 is 1.51 bits per heavy atom. The molecule has 1 atom stereocenters. The summed E-state index contributed by atoms with van der Waals surface area (Å²) in [4.78, 5) is 29.6. The van der Waals surface area contributed by atoms with Gasteiger partial charge in [0.25, 0.3) is 10.0 Å². The van der Waals surface area contributed by atoms with Crippen LogP contribution in [0.3, 0.4) is 0 Å². The summed E-state index contributed by atoms with van der Waals surface area (Å²) >= 11 is 12.5. The SMILES string of the molecule is CCNC(=O)[C@H](Cc1ccccc1)N(Cc1ccc(Cl)c(Cl)c1)C(=O)CN(c1cccc(C)c1C)S(=O)(=O)c1ccc(C)cc1. The first-order valence-electron chi connectivity index (χ1n) is 14.6. The smallest absolute Gasteiger partial charge is 0.264 e. The topological polar surface area (TPSA) is 86.8 Å². The maximum Gasteiger partial charge on any atom is 0.264 e. The number of halogens is 2.